The van der Waals surface area contributed by atoms with Crippen LogP contribution < -0.4 is 10.4 Å². The number of hydrogen-bond acceptors (Lipinski definition) is 4. The average Bonchev–Trinajstić information content (AvgIpc) is 2.50. The van der Waals surface area contributed by atoms with Crippen molar-refractivity contribution in [3.63, 3.8) is 0 Å². The molecular weight excluding hydrogens is 280 g/mol. The van der Waals surface area contributed by atoms with E-state index in [1.54, 1.807) is 5.48 Å². The zero-order valence-corrected chi connectivity index (χ0v) is 13.5. The molecule has 122 valence electrons. The van der Waals surface area contributed by atoms with Gasteiger partial charge in [0.1, 0.15) is 5.78 Å². The van der Waals surface area contributed by atoms with Crippen LogP contribution in [0.3, 0.4) is 0 Å². The van der Waals surface area contributed by atoms with Gasteiger partial charge in [0.05, 0.1) is 0 Å². The predicted octanol–water partition coefficient (Wildman–Crippen LogP) is 2.71. The lowest BCUT2D eigenvalue weighted by atomic mass is 10.0. The third-order valence-corrected chi connectivity index (χ3v) is 3.59. The van der Waals surface area contributed by atoms with Gasteiger partial charge in [-0.05, 0) is 30.5 Å². The van der Waals surface area contributed by atoms with Crippen molar-refractivity contribution in [1.82, 2.24) is 5.48 Å². The van der Waals surface area contributed by atoms with Crippen LogP contribution in [0.25, 0.3) is 0 Å². The molecule has 1 aromatic rings. The standard InChI is InChI=1S/C17H26N2O3/c1-19(2)15-11-9-14(10-12-15)13-16(20)7-5-3-4-6-8-17(21)18-22/h9-12,22H,3-8,13H2,1-2H3,(H,18,21). The molecule has 0 radical (unpaired) electrons. The van der Waals surface area contributed by atoms with Crippen LogP contribution in [0.2, 0.25) is 0 Å². The summed E-state index contributed by atoms with van der Waals surface area (Å²) in [6.45, 7) is 0. The molecule has 0 atom stereocenters. The number of nitrogens with zero attached hydrogens (tertiary/aromatic N) is 1. The topological polar surface area (TPSA) is 69.6 Å². The molecule has 1 amide bonds. The summed E-state index contributed by atoms with van der Waals surface area (Å²) in [5, 5.41) is 8.35. The summed E-state index contributed by atoms with van der Waals surface area (Å²) in [6.07, 6.45) is 4.84. The van der Waals surface area contributed by atoms with E-state index in [0.717, 1.165) is 36.9 Å². The highest BCUT2D eigenvalue weighted by Crippen LogP contribution is 2.14. The quantitative estimate of drug-likeness (QED) is 0.396. The summed E-state index contributed by atoms with van der Waals surface area (Å²) < 4.78 is 0. The Morgan fingerprint density at radius 3 is 2.14 bits per heavy atom. The molecule has 0 aliphatic heterocycles. The van der Waals surface area contributed by atoms with E-state index in [0.29, 0.717) is 19.3 Å². The van der Waals surface area contributed by atoms with Crippen LogP contribution in [0.1, 0.15) is 44.1 Å². The summed E-state index contributed by atoms with van der Waals surface area (Å²) in [5.41, 5.74) is 3.80. The number of anilines is 1. The molecule has 0 aliphatic carbocycles. The first-order chi connectivity index (χ1) is 10.5. The first kappa shape index (κ1) is 18.2. The molecule has 22 heavy (non-hydrogen) atoms. The summed E-state index contributed by atoms with van der Waals surface area (Å²) in [6, 6.07) is 8.05. The fraction of sp³-hybridized carbons (Fsp3) is 0.529. The molecule has 2 N–H and O–H groups in total. The normalized spacial score (nSPS) is 10.3. The van der Waals surface area contributed by atoms with Crippen molar-refractivity contribution in [3.8, 4) is 0 Å². The van der Waals surface area contributed by atoms with Crippen molar-refractivity contribution in [1.29, 1.82) is 0 Å². The van der Waals surface area contributed by atoms with Gasteiger partial charge in [0, 0.05) is 39.0 Å². The lowest BCUT2D eigenvalue weighted by molar-refractivity contribution is -0.129. The van der Waals surface area contributed by atoms with Crippen LogP contribution in [-0.2, 0) is 16.0 Å². The van der Waals surface area contributed by atoms with Gasteiger partial charge >= 0.3 is 0 Å². The SMILES string of the molecule is CN(C)c1ccc(CC(=O)CCCCCCC(=O)NO)cc1. The molecule has 0 aromatic heterocycles. The Balaban J connectivity index is 2.17. The second-order valence-corrected chi connectivity index (χ2v) is 5.73. The van der Waals surface area contributed by atoms with Gasteiger partial charge in [-0.15, -0.1) is 0 Å². The van der Waals surface area contributed by atoms with E-state index in [4.69, 9.17) is 5.21 Å². The minimum Gasteiger partial charge on any atom is -0.378 e. The zero-order valence-electron chi connectivity index (χ0n) is 13.5. The minimum absolute atomic E-state index is 0.255. The van der Waals surface area contributed by atoms with Gasteiger partial charge in [-0.1, -0.05) is 25.0 Å². The van der Waals surface area contributed by atoms with Gasteiger partial charge < -0.3 is 4.90 Å². The number of benzene rings is 1. The highest BCUT2D eigenvalue weighted by molar-refractivity contribution is 5.80. The molecule has 0 heterocycles. The number of hydroxylamine groups is 1. The van der Waals surface area contributed by atoms with E-state index in [1.807, 2.05) is 43.3 Å². The summed E-state index contributed by atoms with van der Waals surface area (Å²) in [5.74, 6) is -0.0945. The molecule has 0 saturated carbocycles. The first-order valence-electron chi connectivity index (χ1n) is 7.74. The predicted molar refractivity (Wildman–Crippen MR) is 87.1 cm³/mol. The largest absolute Gasteiger partial charge is 0.378 e. The third kappa shape index (κ3) is 7.22. The second-order valence-electron chi connectivity index (χ2n) is 5.73. The number of Topliss-reactive ketones (excluding diaryl/α,β-unsaturated/α-hetero) is 1. The maximum atomic E-state index is 11.9. The number of amides is 1. The van der Waals surface area contributed by atoms with Gasteiger partial charge in [0.2, 0.25) is 5.91 Å². The van der Waals surface area contributed by atoms with E-state index in [-0.39, 0.29) is 11.7 Å². The fourth-order valence-electron chi connectivity index (χ4n) is 2.25. The Morgan fingerprint density at radius 1 is 1.00 bits per heavy atom. The monoisotopic (exact) mass is 306 g/mol. The van der Waals surface area contributed by atoms with Gasteiger partial charge in [-0.25, -0.2) is 5.48 Å². The molecule has 0 spiro atoms. The van der Waals surface area contributed by atoms with Crippen molar-refractivity contribution in [2.75, 3.05) is 19.0 Å². The van der Waals surface area contributed by atoms with Crippen molar-refractivity contribution in [3.05, 3.63) is 29.8 Å². The highest BCUT2D eigenvalue weighted by atomic mass is 16.5. The molecule has 0 saturated heterocycles. The number of hydrogen-bond donors (Lipinski definition) is 2. The van der Waals surface area contributed by atoms with Crippen LogP contribution in [0.4, 0.5) is 5.69 Å². The number of ketones is 1. The molecule has 1 aromatic carbocycles. The maximum Gasteiger partial charge on any atom is 0.243 e. The Kier molecular flexibility index (Phi) is 8.22. The number of nitrogens with one attached hydrogen (secondary N) is 1. The van der Waals surface area contributed by atoms with Crippen LogP contribution in [0, 0.1) is 0 Å². The Labute approximate surface area is 132 Å². The smallest absolute Gasteiger partial charge is 0.243 e. The van der Waals surface area contributed by atoms with Crippen molar-refractivity contribution < 1.29 is 14.8 Å². The van der Waals surface area contributed by atoms with E-state index in [9.17, 15) is 9.59 Å². The molecular formula is C17H26N2O3. The third-order valence-electron chi connectivity index (χ3n) is 3.59. The second kappa shape index (κ2) is 9.95. The molecule has 5 nitrogen and oxygen atoms in total. The number of rotatable bonds is 10. The Bertz CT molecular complexity index is 469. The average molecular weight is 306 g/mol. The minimum atomic E-state index is -0.350. The Hall–Kier alpha value is -1.88. The highest BCUT2D eigenvalue weighted by Gasteiger charge is 2.05. The lowest BCUT2D eigenvalue weighted by Crippen LogP contribution is -2.17. The van der Waals surface area contributed by atoms with Crippen molar-refractivity contribution >= 4 is 17.4 Å². The van der Waals surface area contributed by atoms with E-state index < -0.39 is 0 Å². The number of carbonyl (C=O) groups is 2. The van der Waals surface area contributed by atoms with Crippen LogP contribution >= 0.6 is 0 Å². The summed E-state index contributed by atoms with van der Waals surface area (Å²) in [7, 11) is 3.98. The van der Waals surface area contributed by atoms with E-state index in [2.05, 4.69) is 0 Å². The summed E-state index contributed by atoms with van der Waals surface area (Å²) >= 11 is 0. The Morgan fingerprint density at radius 2 is 1.59 bits per heavy atom. The van der Waals surface area contributed by atoms with Crippen molar-refractivity contribution in [2.24, 2.45) is 0 Å². The molecule has 5 heteroatoms. The van der Waals surface area contributed by atoms with Crippen LogP contribution in [0.15, 0.2) is 24.3 Å². The lowest BCUT2D eigenvalue weighted by Gasteiger charge is -2.12. The number of carbonyl (C=O) groups excluding carboxylic acids is 2. The molecule has 0 fully saturated rings. The molecule has 1 rings (SSSR count). The maximum absolute atomic E-state index is 11.9. The zero-order chi connectivity index (χ0) is 16.4. The van der Waals surface area contributed by atoms with E-state index in [1.165, 1.54) is 0 Å². The van der Waals surface area contributed by atoms with Gasteiger partial charge in [-0.2, -0.15) is 0 Å². The fourth-order valence-corrected chi connectivity index (χ4v) is 2.25. The van der Waals surface area contributed by atoms with Crippen molar-refractivity contribution in [2.45, 2.75) is 44.9 Å². The van der Waals surface area contributed by atoms with Gasteiger partial charge in [-0.3, -0.25) is 14.8 Å². The van der Waals surface area contributed by atoms with E-state index >= 15 is 0 Å². The number of unbranched alkanes of at least 4 members (excludes halogenated alkanes) is 3. The summed E-state index contributed by atoms with van der Waals surface area (Å²) in [4.78, 5) is 24.7. The van der Waals surface area contributed by atoms with Gasteiger partial charge in [0.25, 0.3) is 0 Å². The van der Waals surface area contributed by atoms with Crippen LogP contribution in [0.5, 0.6) is 0 Å². The molecule has 0 bridgehead atoms. The first-order valence-corrected chi connectivity index (χ1v) is 7.74. The van der Waals surface area contributed by atoms with Crippen LogP contribution in [-0.4, -0.2) is 31.0 Å². The van der Waals surface area contributed by atoms with Gasteiger partial charge in [0.15, 0.2) is 0 Å². The molecule has 0 aliphatic rings. The molecule has 0 unspecified atom stereocenters.